The van der Waals surface area contributed by atoms with Crippen molar-refractivity contribution in [1.29, 1.82) is 0 Å². The second-order valence-electron chi connectivity index (χ2n) is 7.83. The molecule has 25 heavy (non-hydrogen) atoms. The van der Waals surface area contributed by atoms with Gasteiger partial charge in [0.2, 0.25) is 0 Å². The zero-order valence-corrected chi connectivity index (χ0v) is 15.7. The fraction of sp³-hybridized carbons (Fsp3) is 0.789. The van der Waals surface area contributed by atoms with Crippen LogP contribution in [0.2, 0.25) is 0 Å². The maximum Gasteiger partial charge on any atom is 0.330 e. The largest absolute Gasteiger partial charge is 0.330 e. The molecule has 1 atom stereocenters. The Balaban J connectivity index is 1.62. The Hall–Kier alpha value is -1.40. The van der Waals surface area contributed by atoms with Gasteiger partial charge in [0.05, 0.1) is 0 Å². The number of hydrogen-bond donors (Lipinski definition) is 0. The molecule has 1 aromatic rings. The molecule has 140 valence electrons. The first kappa shape index (κ1) is 18.4. The van der Waals surface area contributed by atoms with Crippen LogP contribution in [-0.4, -0.2) is 51.7 Å². The third kappa shape index (κ3) is 4.61. The summed E-state index contributed by atoms with van der Waals surface area (Å²) in [5.74, 6) is 0.704. The van der Waals surface area contributed by atoms with Crippen molar-refractivity contribution >= 4 is 0 Å². The molecule has 0 amide bonds. The first-order valence-electron chi connectivity index (χ1n) is 9.75. The Morgan fingerprint density at radius 1 is 0.920 bits per heavy atom. The maximum atomic E-state index is 12.1. The molecular formula is C19H32N4O2. The molecular weight excluding hydrogens is 316 g/mol. The normalized spacial score (nSPS) is 23.5. The van der Waals surface area contributed by atoms with Crippen LogP contribution < -0.4 is 11.2 Å². The van der Waals surface area contributed by atoms with E-state index in [0.29, 0.717) is 12.5 Å². The van der Waals surface area contributed by atoms with Crippen molar-refractivity contribution in [2.24, 2.45) is 20.0 Å². The second kappa shape index (κ2) is 8.32. The third-order valence-corrected chi connectivity index (χ3v) is 5.83. The van der Waals surface area contributed by atoms with Gasteiger partial charge in [0.1, 0.15) is 0 Å². The van der Waals surface area contributed by atoms with E-state index < -0.39 is 0 Å². The van der Waals surface area contributed by atoms with Crippen molar-refractivity contribution in [3.8, 4) is 0 Å². The molecule has 2 aliphatic rings. The number of likely N-dealkylation sites (tertiary alicyclic amines) is 2. The minimum absolute atomic E-state index is 0.212. The number of hydrogen-bond acceptors (Lipinski definition) is 4. The van der Waals surface area contributed by atoms with Crippen LogP contribution >= 0.6 is 0 Å². The van der Waals surface area contributed by atoms with E-state index in [-0.39, 0.29) is 11.2 Å². The maximum absolute atomic E-state index is 12.1. The van der Waals surface area contributed by atoms with Gasteiger partial charge in [0.15, 0.2) is 0 Å². The lowest BCUT2D eigenvalue weighted by molar-refractivity contribution is 0.127. The molecule has 3 rings (SSSR count). The van der Waals surface area contributed by atoms with Gasteiger partial charge in [-0.3, -0.25) is 18.8 Å². The van der Waals surface area contributed by atoms with E-state index >= 15 is 0 Å². The Bertz CT molecular complexity index is 686. The van der Waals surface area contributed by atoms with Gasteiger partial charge in [-0.1, -0.05) is 12.8 Å². The van der Waals surface area contributed by atoms with Gasteiger partial charge >= 0.3 is 5.69 Å². The lowest BCUT2D eigenvalue weighted by Gasteiger charge is -2.35. The molecule has 1 unspecified atom stereocenters. The highest BCUT2D eigenvalue weighted by molar-refractivity contribution is 5.02. The molecule has 0 radical (unpaired) electrons. The van der Waals surface area contributed by atoms with Crippen LogP contribution in [-0.2, 0) is 20.6 Å². The highest BCUT2D eigenvalue weighted by Crippen LogP contribution is 2.20. The van der Waals surface area contributed by atoms with E-state index in [1.54, 1.807) is 17.7 Å². The lowest BCUT2D eigenvalue weighted by atomic mass is 9.97. The van der Waals surface area contributed by atoms with E-state index in [1.807, 2.05) is 0 Å². The van der Waals surface area contributed by atoms with Crippen LogP contribution in [0.4, 0.5) is 0 Å². The molecule has 6 heteroatoms. The molecule has 3 heterocycles. The zero-order chi connectivity index (χ0) is 17.8. The fourth-order valence-corrected chi connectivity index (χ4v) is 4.29. The van der Waals surface area contributed by atoms with E-state index in [9.17, 15) is 9.59 Å². The summed E-state index contributed by atoms with van der Waals surface area (Å²) in [7, 11) is 3.29. The number of rotatable bonds is 4. The Kier molecular flexibility index (Phi) is 6.12. The first-order chi connectivity index (χ1) is 12.0. The molecule has 0 N–H and O–H groups in total. The highest BCUT2D eigenvalue weighted by Gasteiger charge is 2.23. The summed E-state index contributed by atoms with van der Waals surface area (Å²) in [6, 6.07) is 1.61. The average Bonchev–Trinajstić information content (AvgIpc) is 2.87. The van der Waals surface area contributed by atoms with Gasteiger partial charge in [0, 0.05) is 45.5 Å². The van der Waals surface area contributed by atoms with Crippen molar-refractivity contribution in [2.75, 3.05) is 32.7 Å². The van der Waals surface area contributed by atoms with E-state index in [0.717, 1.165) is 18.8 Å². The van der Waals surface area contributed by atoms with Crippen LogP contribution in [0.1, 0.15) is 44.2 Å². The summed E-state index contributed by atoms with van der Waals surface area (Å²) in [4.78, 5) is 29.1. The highest BCUT2D eigenvalue weighted by atomic mass is 16.2. The van der Waals surface area contributed by atoms with Crippen LogP contribution in [0.5, 0.6) is 0 Å². The monoisotopic (exact) mass is 348 g/mol. The van der Waals surface area contributed by atoms with Gasteiger partial charge in [0.25, 0.3) is 5.56 Å². The van der Waals surface area contributed by atoms with Crippen LogP contribution in [0.15, 0.2) is 15.7 Å². The summed E-state index contributed by atoms with van der Waals surface area (Å²) in [6.07, 6.45) is 7.94. The number of aromatic nitrogens is 2. The van der Waals surface area contributed by atoms with Crippen molar-refractivity contribution < 1.29 is 0 Å². The van der Waals surface area contributed by atoms with Crippen molar-refractivity contribution in [2.45, 2.75) is 45.1 Å². The summed E-state index contributed by atoms with van der Waals surface area (Å²) >= 11 is 0. The molecule has 2 fully saturated rings. The molecule has 0 aromatic carbocycles. The minimum atomic E-state index is -0.236. The predicted octanol–water partition coefficient (Wildman–Crippen LogP) is 1.17. The second-order valence-corrected chi connectivity index (χ2v) is 7.83. The zero-order valence-electron chi connectivity index (χ0n) is 15.7. The molecule has 1 aromatic heterocycles. The van der Waals surface area contributed by atoms with Crippen LogP contribution in [0.3, 0.4) is 0 Å². The smallest absolute Gasteiger partial charge is 0.303 e. The van der Waals surface area contributed by atoms with Gasteiger partial charge in [-0.25, -0.2) is 4.79 Å². The minimum Gasteiger partial charge on any atom is -0.303 e. The van der Waals surface area contributed by atoms with Crippen molar-refractivity contribution in [1.82, 2.24) is 18.9 Å². The van der Waals surface area contributed by atoms with Gasteiger partial charge in [-0.2, -0.15) is 0 Å². The third-order valence-electron chi connectivity index (χ3n) is 5.83. The molecule has 2 aliphatic heterocycles. The fourth-order valence-electron chi connectivity index (χ4n) is 4.29. The molecule has 0 aliphatic carbocycles. The Morgan fingerprint density at radius 3 is 2.32 bits per heavy atom. The van der Waals surface area contributed by atoms with Gasteiger partial charge < -0.3 is 4.90 Å². The topological polar surface area (TPSA) is 50.5 Å². The van der Waals surface area contributed by atoms with Crippen molar-refractivity contribution in [3.05, 3.63) is 32.6 Å². The lowest BCUT2D eigenvalue weighted by Crippen LogP contribution is -2.43. The van der Waals surface area contributed by atoms with Crippen LogP contribution in [0.25, 0.3) is 0 Å². The van der Waals surface area contributed by atoms with E-state index in [1.165, 1.54) is 69.8 Å². The standard InChI is InChI=1S/C19H32N4O2/c1-20-17(12-18(24)21(2)19(20)25)15-23-11-7-8-16(14-23)13-22-9-5-3-4-6-10-22/h12,16H,3-11,13-15H2,1-2H3. The SMILES string of the molecule is Cn1c(CN2CCCC(CN3CCCCCC3)C2)cc(=O)n(C)c1=O. The Morgan fingerprint density at radius 2 is 1.60 bits per heavy atom. The van der Waals surface area contributed by atoms with E-state index in [4.69, 9.17) is 0 Å². The average molecular weight is 348 g/mol. The van der Waals surface area contributed by atoms with E-state index in [2.05, 4.69) is 9.80 Å². The first-order valence-corrected chi connectivity index (χ1v) is 9.75. The molecule has 6 nitrogen and oxygen atoms in total. The Labute approximate surface area is 150 Å². The molecule has 2 saturated heterocycles. The summed E-state index contributed by atoms with van der Waals surface area (Å²) < 4.78 is 2.78. The number of nitrogens with zero attached hydrogens (tertiary/aromatic N) is 4. The molecule has 0 saturated carbocycles. The quantitative estimate of drug-likeness (QED) is 0.820. The van der Waals surface area contributed by atoms with Gasteiger partial charge in [-0.15, -0.1) is 0 Å². The van der Waals surface area contributed by atoms with Gasteiger partial charge in [-0.05, 0) is 51.2 Å². The summed E-state index contributed by atoms with van der Waals surface area (Å²) in [6.45, 7) is 6.52. The van der Waals surface area contributed by atoms with Crippen molar-refractivity contribution in [3.63, 3.8) is 0 Å². The molecule has 0 bridgehead atoms. The molecule has 0 spiro atoms. The summed E-state index contributed by atoms with van der Waals surface area (Å²) in [5, 5.41) is 0. The number of piperidine rings is 1. The predicted molar refractivity (Wildman–Crippen MR) is 99.8 cm³/mol. The van der Waals surface area contributed by atoms with Crippen LogP contribution in [0, 0.1) is 5.92 Å². The summed E-state index contributed by atoms with van der Waals surface area (Å²) in [5.41, 5.74) is 0.375.